The first kappa shape index (κ1) is 16.5. The molecule has 0 aliphatic heterocycles. The fraction of sp³-hybridized carbons (Fsp3) is 0.263. The minimum absolute atomic E-state index is 0.0208. The van der Waals surface area contributed by atoms with Gasteiger partial charge in [-0.05, 0) is 17.7 Å². The van der Waals surface area contributed by atoms with Gasteiger partial charge in [0.05, 0.1) is 5.69 Å². The zero-order valence-electron chi connectivity index (χ0n) is 14.1. The predicted molar refractivity (Wildman–Crippen MR) is 98.7 cm³/mol. The first-order valence-corrected chi connectivity index (χ1v) is 8.78. The van der Waals surface area contributed by atoms with Crippen LogP contribution in [0.5, 0.6) is 0 Å². The summed E-state index contributed by atoms with van der Waals surface area (Å²) in [5.74, 6) is -0.134. The van der Waals surface area contributed by atoms with E-state index in [2.05, 4.69) is 43.2 Å². The highest BCUT2D eigenvalue weighted by Gasteiger charge is 2.19. The summed E-state index contributed by atoms with van der Waals surface area (Å²) in [6.07, 6.45) is 1.92. The number of carbonyl (C=O) groups is 1. The third-order valence-corrected chi connectivity index (χ3v) is 4.51. The number of nitrogens with one attached hydrogen (secondary N) is 1. The van der Waals surface area contributed by atoms with Gasteiger partial charge in [-0.25, -0.2) is 4.98 Å². The van der Waals surface area contributed by atoms with Crippen LogP contribution in [0.15, 0.2) is 54.0 Å². The molecular weight excluding hydrogens is 318 g/mol. The van der Waals surface area contributed by atoms with Crippen LogP contribution in [0.1, 0.15) is 42.5 Å². The molecule has 2 aromatic heterocycles. The Morgan fingerprint density at radius 3 is 2.58 bits per heavy atom. The molecule has 0 saturated heterocycles. The fourth-order valence-electron chi connectivity index (χ4n) is 2.38. The van der Waals surface area contributed by atoms with Gasteiger partial charge in [0.2, 0.25) is 0 Å². The maximum absolute atomic E-state index is 12.6. The molecule has 0 radical (unpaired) electrons. The lowest BCUT2D eigenvalue weighted by Crippen LogP contribution is -2.17. The van der Waals surface area contributed by atoms with E-state index in [0.717, 1.165) is 11.3 Å². The Balaban J connectivity index is 1.74. The van der Waals surface area contributed by atoms with E-state index in [4.69, 9.17) is 0 Å². The average Bonchev–Trinajstić information content (AvgIpc) is 3.17. The number of benzene rings is 1. The van der Waals surface area contributed by atoms with Crippen LogP contribution in [0.25, 0.3) is 0 Å². The van der Waals surface area contributed by atoms with Crippen molar-refractivity contribution in [3.05, 3.63) is 71.0 Å². The van der Waals surface area contributed by atoms with Crippen molar-refractivity contribution in [2.45, 2.75) is 32.7 Å². The Morgan fingerprint density at radius 2 is 1.92 bits per heavy atom. The zero-order chi connectivity index (χ0) is 17.2. The molecule has 0 fully saturated rings. The maximum atomic E-state index is 12.6. The molecule has 0 bridgehead atoms. The molecule has 0 spiro atoms. The van der Waals surface area contributed by atoms with Crippen LogP contribution in [0, 0.1) is 0 Å². The number of thiazole rings is 1. The van der Waals surface area contributed by atoms with E-state index < -0.39 is 0 Å². The van der Waals surface area contributed by atoms with E-state index in [-0.39, 0.29) is 11.3 Å². The van der Waals surface area contributed by atoms with Gasteiger partial charge in [-0.1, -0.05) is 51.1 Å². The zero-order valence-corrected chi connectivity index (χ0v) is 14.9. The number of nitrogens with zero attached hydrogens (tertiary/aromatic N) is 2. The molecule has 4 nitrogen and oxygen atoms in total. The first-order chi connectivity index (χ1) is 11.4. The van der Waals surface area contributed by atoms with Crippen LogP contribution in [-0.4, -0.2) is 15.5 Å². The SMILES string of the molecule is CC(C)(C)c1csc(NC(=O)c2cccn2Cc2ccccc2)n1. The Morgan fingerprint density at radius 1 is 1.17 bits per heavy atom. The van der Waals surface area contributed by atoms with Crippen molar-refractivity contribution < 1.29 is 4.79 Å². The number of hydrogen-bond donors (Lipinski definition) is 1. The van der Waals surface area contributed by atoms with Gasteiger partial charge < -0.3 is 4.57 Å². The lowest BCUT2D eigenvalue weighted by atomic mass is 9.93. The second-order valence-electron chi connectivity index (χ2n) is 6.75. The van der Waals surface area contributed by atoms with Crippen molar-refractivity contribution in [3.63, 3.8) is 0 Å². The van der Waals surface area contributed by atoms with E-state index in [0.29, 0.717) is 17.4 Å². The van der Waals surface area contributed by atoms with Gasteiger partial charge in [-0.15, -0.1) is 11.3 Å². The van der Waals surface area contributed by atoms with Crippen LogP contribution in [0.2, 0.25) is 0 Å². The normalized spacial score (nSPS) is 11.5. The third kappa shape index (κ3) is 3.74. The summed E-state index contributed by atoms with van der Waals surface area (Å²) in [4.78, 5) is 17.1. The Kier molecular flexibility index (Phi) is 4.53. The first-order valence-electron chi connectivity index (χ1n) is 7.90. The van der Waals surface area contributed by atoms with E-state index >= 15 is 0 Å². The number of hydrogen-bond acceptors (Lipinski definition) is 3. The molecule has 124 valence electrons. The van der Waals surface area contributed by atoms with Crippen LogP contribution < -0.4 is 5.32 Å². The van der Waals surface area contributed by atoms with Crippen molar-refractivity contribution in [1.82, 2.24) is 9.55 Å². The van der Waals surface area contributed by atoms with Crippen LogP contribution in [0.4, 0.5) is 5.13 Å². The highest BCUT2D eigenvalue weighted by atomic mass is 32.1. The molecule has 0 aliphatic carbocycles. The third-order valence-electron chi connectivity index (χ3n) is 3.75. The van der Waals surface area contributed by atoms with Gasteiger partial charge in [0.25, 0.3) is 5.91 Å². The number of anilines is 1. The molecule has 0 saturated carbocycles. The van der Waals surface area contributed by atoms with Crippen molar-refractivity contribution in [3.8, 4) is 0 Å². The lowest BCUT2D eigenvalue weighted by Gasteiger charge is -2.14. The van der Waals surface area contributed by atoms with Gasteiger partial charge in [0, 0.05) is 23.5 Å². The van der Waals surface area contributed by atoms with Gasteiger partial charge in [-0.2, -0.15) is 0 Å². The largest absolute Gasteiger partial charge is 0.339 e. The Labute approximate surface area is 146 Å². The number of carbonyl (C=O) groups excluding carboxylic acids is 1. The second kappa shape index (κ2) is 6.61. The van der Waals surface area contributed by atoms with Crippen molar-refractivity contribution >= 4 is 22.4 Å². The van der Waals surface area contributed by atoms with Gasteiger partial charge in [-0.3, -0.25) is 10.1 Å². The standard InChI is InChI=1S/C19H21N3OS/c1-19(2,3)16-13-24-18(20-16)21-17(23)15-10-7-11-22(15)12-14-8-5-4-6-9-14/h4-11,13H,12H2,1-3H3,(H,20,21,23). The minimum Gasteiger partial charge on any atom is -0.339 e. The predicted octanol–water partition coefficient (Wildman–Crippen LogP) is 4.54. The minimum atomic E-state index is -0.134. The van der Waals surface area contributed by atoms with Crippen molar-refractivity contribution in [1.29, 1.82) is 0 Å². The van der Waals surface area contributed by atoms with Crippen LogP contribution in [0.3, 0.4) is 0 Å². The summed E-state index contributed by atoms with van der Waals surface area (Å²) in [6.45, 7) is 7.00. The number of aromatic nitrogens is 2. The summed E-state index contributed by atoms with van der Waals surface area (Å²) in [5, 5.41) is 5.55. The Bertz CT molecular complexity index is 828. The molecule has 3 aromatic rings. The summed E-state index contributed by atoms with van der Waals surface area (Å²) in [5.41, 5.74) is 2.76. The summed E-state index contributed by atoms with van der Waals surface area (Å²) in [6, 6.07) is 13.8. The molecule has 0 atom stereocenters. The number of amides is 1. The molecule has 5 heteroatoms. The van der Waals surface area contributed by atoms with Crippen molar-refractivity contribution in [2.24, 2.45) is 0 Å². The molecule has 3 rings (SSSR count). The van der Waals surface area contributed by atoms with E-state index in [1.165, 1.54) is 11.3 Å². The van der Waals surface area contributed by atoms with E-state index in [1.807, 2.05) is 46.5 Å². The molecule has 1 N–H and O–H groups in total. The summed E-state index contributed by atoms with van der Waals surface area (Å²) < 4.78 is 1.95. The van der Waals surface area contributed by atoms with Crippen molar-refractivity contribution in [2.75, 3.05) is 5.32 Å². The van der Waals surface area contributed by atoms with Crippen LogP contribution >= 0.6 is 11.3 Å². The smallest absolute Gasteiger partial charge is 0.274 e. The second-order valence-corrected chi connectivity index (χ2v) is 7.61. The quantitative estimate of drug-likeness (QED) is 0.758. The van der Waals surface area contributed by atoms with Crippen LogP contribution in [-0.2, 0) is 12.0 Å². The van der Waals surface area contributed by atoms with E-state index in [9.17, 15) is 4.79 Å². The lowest BCUT2D eigenvalue weighted by molar-refractivity contribution is 0.101. The molecular formula is C19H21N3OS. The average molecular weight is 339 g/mol. The fourth-order valence-corrected chi connectivity index (χ4v) is 3.31. The molecule has 0 aliphatic rings. The Hall–Kier alpha value is -2.40. The summed E-state index contributed by atoms with van der Waals surface area (Å²) in [7, 11) is 0. The number of rotatable bonds is 4. The highest BCUT2D eigenvalue weighted by molar-refractivity contribution is 7.14. The van der Waals surface area contributed by atoms with E-state index in [1.54, 1.807) is 0 Å². The highest BCUT2D eigenvalue weighted by Crippen LogP contribution is 2.26. The monoisotopic (exact) mass is 339 g/mol. The summed E-state index contributed by atoms with van der Waals surface area (Å²) >= 11 is 1.46. The topological polar surface area (TPSA) is 46.9 Å². The molecule has 24 heavy (non-hydrogen) atoms. The molecule has 1 aromatic carbocycles. The maximum Gasteiger partial charge on any atom is 0.274 e. The van der Waals surface area contributed by atoms with Gasteiger partial charge in [0.1, 0.15) is 5.69 Å². The molecule has 1 amide bonds. The van der Waals surface area contributed by atoms with Gasteiger partial charge >= 0.3 is 0 Å². The molecule has 2 heterocycles. The molecule has 0 unspecified atom stereocenters. The van der Waals surface area contributed by atoms with Gasteiger partial charge in [0.15, 0.2) is 5.13 Å².